The highest BCUT2D eigenvalue weighted by atomic mass is 32.1. The number of thiazole rings is 1. The van der Waals surface area contributed by atoms with E-state index in [-0.39, 0.29) is 0 Å². The summed E-state index contributed by atoms with van der Waals surface area (Å²) in [7, 11) is 0. The number of allylic oxidation sites excluding steroid dienone is 1. The zero-order valence-corrected chi connectivity index (χ0v) is 14.4. The van der Waals surface area contributed by atoms with Crippen LogP contribution in [0.1, 0.15) is 23.1 Å². The van der Waals surface area contributed by atoms with Crippen molar-refractivity contribution in [3.05, 3.63) is 71.6 Å². The van der Waals surface area contributed by atoms with E-state index in [1.165, 1.54) is 21.4 Å². The summed E-state index contributed by atoms with van der Waals surface area (Å²) in [6, 6.07) is 12.7. The molecule has 0 saturated heterocycles. The van der Waals surface area contributed by atoms with Gasteiger partial charge in [-0.1, -0.05) is 48.3 Å². The van der Waals surface area contributed by atoms with Crippen molar-refractivity contribution in [2.75, 3.05) is 10.6 Å². The van der Waals surface area contributed by atoms with Gasteiger partial charge < -0.3 is 10.6 Å². The molecule has 0 spiro atoms. The molecule has 1 aromatic heterocycles. The Labute approximate surface area is 145 Å². The summed E-state index contributed by atoms with van der Waals surface area (Å²) >= 11 is 1.64. The SMILES string of the molecule is C=C(Nc1nc2ccc(C)cc2s1)Nc1cccc2c1C=CCC2. The largest absolute Gasteiger partial charge is 0.342 e. The van der Waals surface area contributed by atoms with Crippen molar-refractivity contribution in [3.63, 3.8) is 0 Å². The third-order valence-electron chi connectivity index (χ3n) is 4.15. The molecule has 1 aliphatic carbocycles. The second kappa shape index (κ2) is 6.13. The lowest BCUT2D eigenvalue weighted by Crippen LogP contribution is -2.10. The van der Waals surface area contributed by atoms with E-state index in [0.29, 0.717) is 0 Å². The second-order valence-electron chi connectivity index (χ2n) is 6.04. The fourth-order valence-electron chi connectivity index (χ4n) is 2.99. The molecule has 0 atom stereocenters. The van der Waals surface area contributed by atoms with Gasteiger partial charge >= 0.3 is 0 Å². The van der Waals surface area contributed by atoms with Crippen LogP contribution in [-0.2, 0) is 6.42 Å². The van der Waals surface area contributed by atoms with Crippen LogP contribution in [0.5, 0.6) is 0 Å². The van der Waals surface area contributed by atoms with Gasteiger partial charge in [0.1, 0.15) is 5.82 Å². The van der Waals surface area contributed by atoms with Gasteiger partial charge in [0.25, 0.3) is 0 Å². The van der Waals surface area contributed by atoms with Gasteiger partial charge in [-0.3, -0.25) is 0 Å². The van der Waals surface area contributed by atoms with Gasteiger partial charge in [-0.05, 0) is 49.1 Å². The van der Waals surface area contributed by atoms with Gasteiger partial charge in [-0.15, -0.1) is 0 Å². The molecular formula is C20H19N3S. The minimum absolute atomic E-state index is 0.734. The zero-order valence-electron chi connectivity index (χ0n) is 13.6. The van der Waals surface area contributed by atoms with Crippen LogP contribution in [0.15, 0.2) is 54.9 Å². The number of anilines is 2. The Morgan fingerprint density at radius 1 is 1.21 bits per heavy atom. The van der Waals surface area contributed by atoms with Crippen molar-refractivity contribution in [1.29, 1.82) is 0 Å². The van der Waals surface area contributed by atoms with Crippen molar-refractivity contribution in [1.82, 2.24) is 4.98 Å². The van der Waals surface area contributed by atoms with Crippen LogP contribution in [0.25, 0.3) is 16.3 Å². The number of aromatic nitrogens is 1. The van der Waals surface area contributed by atoms with E-state index < -0.39 is 0 Å². The van der Waals surface area contributed by atoms with Gasteiger partial charge in [0.05, 0.1) is 10.2 Å². The van der Waals surface area contributed by atoms with Gasteiger partial charge in [-0.2, -0.15) is 0 Å². The predicted molar refractivity (Wildman–Crippen MR) is 105 cm³/mol. The number of hydrogen-bond acceptors (Lipinski definition) is 4. The van der Waals surface area contributed by atoms with E-state index in [1.54, 1.807) is 11.3 Å². The first-order chi connectivity index (χ1) is 11.7. The van der Waals surface area contributed by atoms with Crippen molar-refractivity contribution in [3.8, 4) is 0 Å². The van der Waals surface area contributed by atoms with Crippen LogP contribution in [0.3, 0.4) is 0 Å². The number of rotatable bonds is 4. The summed E-state index contributed by atoms with van der Waals surface area (Å²) in [5, 5.41) is 7.52. The Kier molecular flexibility index (Phi) is 3.82. The quantitative estimate of drug-likeness (QED) is 0.656. The van der Waals surface area contributed by atoms with Crippen LogP contribution in [0.2, 0.25) is 0 Å². The van der Waals surface area contributed by atoms with Crippen LogP contribution in [-0.4, -0.2) is 4.98 Å². The number of fused-ring (bicyclic) bond motifs is 2. The van der Waals surface area contributed by atoms with Crippen molar-refractivity contribution in [2.24, 2.45) is 0 Å². The fourth-order valence-corrected chi connectivity index (χ4v) is 3.97. The monoisotopic (exact) mass is 333 g/mol. The first-order valence-electron chi connectivity index (χ1n) is 8.07. The maximum atomic E-state index is 4.62. The van der Waals surface area contributed by atoms with Crippen molar-refractivity contribution < 1.29 is 0 Å². The average molecular weight is 333 g/mol. The minimum atomic E-state index is 0.734. The Morgan fingerprint density at radius 2 is 2.12 bits per heavy atom. The number of nitrogens with one attached hydrogen (secondary N) is 2. The number of hydrogen-bond donors (Lipinski definition) is 2. The molecule has 0 unspecified atom stereocenters. The van der Waals surface area contributed by atoms with Crippen molar-refractivity contribution in [2.45, 2.75) is 19.8 Å². The summed E-state index contributed by atoms with van der Waals surface area (Å²) in [6.45, 7) is 6.20. The molecule has 0 fully saturated rings. The van der Waals surface area contributed by atoms with Crippen LogP contribution in [0, 0.1) is 6.92 Å². The maximum absolute atomic E-state index is 4.62. The molecular weight excluding hydrogens is 314 g/mol. The predicted octanol–water partition coefficient (Wildman–Crippen LogP) is 5.56. The van der Waals surface area contributed by atoms with E-state index in [2.05, 4.69) is 77.7 Å². The topological polar surface area (TPSA) is 37.0 Å². The zero-order chi connectivity index (χ0) is 16.5. The first-order valence-corrected chi connectivity index (χ1v) is 8.89. The molecule has 24 heavy (non-hydrogen) atoms. The minimum Gasteiger partial charge on any atom is -0.342 e. The van der Waals surface area contributed by atoms with E-state index in [4.69, 9.17) is 0 Å². The normalized spacial score (nSPS) is 12.9. The summed E-state index contributed by atoms with van der Waals surface area (Å²) in [5.74, 6) is 0.734. The summed E-state index contributed by atoms with van der Waals surface area (Å²) < 4.78 is 1.19. The molecule has 0 aliphatic heterocycles. The van der Waals surface area contributed by atoms with E-state index in [0.717, 1.165) is 35.0 Å². The lowest BCUT2D eigenvalue weighted by molar-refractivity contribution is 0.986. The summed E-state index contributed by atoms with van der Waals surface area (Å²) in [4.78, 5) is 4.62. The van der Waals surface area contributed by atoms with Gasteiger partial charge in [-0.25, -0.2) is 4.98 Å². The summed E-state index contributed by atoms with van der Waals surface area (Å²) in [6.07, 6.45) is 6.62. The summed E-state index contributed by atoms with van der Waals surface area (Å²) in [5.41, 5.74) is 5.98. The first kappa shape index (κ1) is 15.0. The van der Waals surface area contributed by atoms with E-state index >= 15 is 0 Å². The molecule has 0 bridgehead atoms. The Bertz CT molecular complexity index is 953. The fraction of sp³-hybridized carbons (Fsp3) is 0.150. The smallest absolute Gasteiger partial charge is 0.189 e. The molecule has 3 nitrogen and oxygen atoms in total. The van der Waals surface area contributed by atoms with E-state index in [9.17, 15) is 0 Å². The number of aryl methyl sites for hydroxylation is 2. The second-order valence-corrected chi connectivity index (χ2v) is 7.07. The highest BCUT2D eigenvalue weighted by Gasteiger charge is 2.10. The lowest BCUT2D eigenvalue weighted by Gasteiger charge is -2.17. The highest BCUT2D eigenvalue weighted by Crippen LogP contribution is 2.29. The molecule has 4 rings (SSSR count). The van der Waals surface area contributed by atoms with Crippen LogP contribution < -0.4 is 10.6 Å². The van der Waals surface area contributed by atoms with Crippen LogP contribution >= 0.6 is 11.3 Å². The molecule has 1 heterocycles. The molecule has 0 saturated carbocycles. The van der Waals surface area contributed by atoms with Gasteiger partial charge in [0.2, 0.25) is 0 Å². The van der Waals surface area contributed by atoms with Gasteiger partial charge in [0.15, 0.2) is 5.13 Å². The lowest BCUT2D eigenvalue weighted by atomic mass is 9.96. The Balaban J connectivity index is 1.53. The highest BCUT2D eigenvalue weighted by molar-refractivity contribution is 7.22. The number of nitrogens with zero attached hydrogens (tertiary/aromatic N) is 1. The third kappa shape index (κ3) is 2.93. The Hall–Kier alpha value is -2.59. The van der Waals surface area contributed by atoms with E-state index in [1.807, 2.05) is 0 Å². The molecule has 1 aliphatic rings. The molecule has 0 radical (unpaired) electrons. The van der Waals surface area contributed by atoms with Crippen LogP contribution in [0.4, 0.5) is 10.8 Å². The standard InChI is InChI=1S/C20H19N3S/c1-13-10-11-18-19(12-13)24-20(23-18)22-14(2)21-17-9-5-7-15-6-3-4-8-16(15)17/h4-5,7-12,21H,2-3,6H2,1H3,(H,22,23). The molecule has 120 valence electrons. The molecule has 2 aromatic carbocycles. The molecule has 4 heteroatoms. The number of benzene rings is 2. The molecule has 3 aromatic rings. The third-order valence-corrected chi connectivity index (χ3v) is 5.08. The molecule has 0 amide bonds. The van der Waals surface area contributed by atoms with Gasteiger partial charge in [0, 0.05) is 11.3 Å². The Morgan fingerprint density at radius 3 is 3.04 bits per heavy atom. The average Bonchev–Trinajstić information content (AvgIpc) is 2.96. The maximum Gasteiger partial charge on any atom is 0.189 e. The van der Waals surface area contributed by atoms with Crippen molar-refractivity contribution >= 4 is 38.4 Å². The molecule has 2 N–H and O–H groups in total.